The molecule has 0 aliphatic rings. The summed E-state index contributed by atoms with van der Waals surface area (Å²) in [5.74, 6) is 0.732. The minimum atomic E-state index is -0.0346. The van der Waals surface area contributed by atoms with Crippen LogP contribution in [0, 0.1) is 0 Å². The number of carbonyl (C=O) groups excluding carboxylic acids is 1. The predicted octanol–water partition coefficient (Wildman–Crippen LogP) is 4.24. The summed E-state index contributed by atoms with van der Waals surface area (Å²) in [7, 11) is 1.63. The smallest absolute Gasteiger partial charge is 0.197 e. The lowest BCUT2D eigenvalue weighted by Crippen LogP contribution is -2.02. The van der Waals surface area contributed by atoms with Crippen molar-refractivity contribution in [3.63, 3.8) is 0 Å². The summed E-state index contributed by atoms with van der Waals surface area (Å²) in [4.78, 5) is 13.2. The maximum Gasteiger partial charge on any atom is 0.197 e. The number of hydrogen-bond donors (Lipinski definition) is 0. The summed E-state index contributed by atoms with van der Waals surface area (Å²) in [5, 5.41) is 4.64. The number of rotatable bonds is 4. The molecule has 2 aromatic heterocycles. The van der Waals surface area contributed by atoms with Crippen LogP contribution >= 0.6 is 0 Å². The second-order valence-electron chi connectivity index (χ2n) is 5.68. The average molecular weight is 328 g/mol. The lowest BCUT2D eigenvalue weighted by atomic mass is 9.98. The summed E-state index contributed by atoms with van der Waals surface area (Å²) in [6, 6.07) is 22.6. The van der Waals surface area contributed by atoms with E-state index in [0.717, 1.165) is 16.8 Å². The van der Waals surface area contributed by atoms with Crippen LogP contribution in [0.25, 0.3) is 16.8 Å². The van der Waals surface area contributed by atoms with E-state index >= 15 is 0 Å². The zero-order valence-electron chi connectivity index (χ0n) is 13.7. The maximum absolute atomic E-state index is 13.2. The van der Waals surface area contributed by atoms with Gasteiger partial charge in [0, 0.05) is 17.3 Å². The van der Waals surface area contributed by atoms with Gasteiger partial charge in [-0.1, -0.05) is 36.4 Å². The zero-order valence-corrected chi connectivity index (χ0v) is 13.7. The van der Waals surface area contributed by atoms with Crippen LogP contribution in [0.5, 0.6) is 5.75 Å². The molecule has 0 fully saturated rings. The first-order chi connectivity index (χ1) is 12.3. The number of fused-ring (bicyclic) bond motifs is 1. The molecule has 0 amide bonds. The summed E-state index contributed by atoms with van der Waals surface area (Å²) in [6.45, 7) is 0. The summed E-state index contributed by atoms with van der Waals surface area (Å²) >= 11 is 0. The molecule has 0 bridgehead atoms. The van der Waals surface area contributed by atoms with Crippen molar-refractivity contribution in [3.05, 3.63) is 90.1 Å². The van der Waals surface area contributed by atoms with Gasteiger partial charge in [-0.25, -0.2) is 4.52 Å². The van der Waals surface area contributed by atoms with Gasteiger partial charge in [-0.3, -0.25) is 4.79 Å². The van der Waals surface area contributed by atoms with Gasteiger partial charge in [0.25, 0.3) is 0 Å². The van der Waals surface area contributed by atoms with Crippen molar-refractivity contribution in [2.45, 2.75) is 0 Å². The second kappa shape index (κ2) is 6.24. The molecule has 4 heteroatoms. The molecule has 4 nitrogen and oxygen atoms in total. The molecule has 25 heavy (non-hydrogen) atoms. The average Bonchev–Trinajstić information content (AvgIpc) is 3.07. The SMILES string of the molecule is COc1ccc(-c2nn3ccccc3c2C(=O)c2ccccc2)cc1. The van der Waals surface area contributed by atoms with Crippen molar-refractivity contribution in [3.8, 4) is 17.0 Å². The van der Waals surface area contributed by atoms with E-state index in [1.54, 1.807) is 11.6 Å². The van der Waals surface area contributed by atoms with Crippen LogP contribution in [-0.4, -0.2) is 22.5 Å². The number of ketones is 1. The zero-order chi connectivity index (χ0) is 17.2. The molecule has 0 saturated carbocycles. The largest absolute Gasteiger partial charge is 0.497 e. The number of nitrogens with zero attached hydrogens (tertiary/aromatic N) is 2. The van der Waals surface area contributed by atoms with Gasteiger partial charge in [-0.2, -0.15) is 5.10 Å². The first-order valence-corrected chi connectivity index (χ1v) is 7.99. The van der Waals surface area contributed by atoms with Crippen molar-refractivity contribution in [2.24, 2.45) is 0 Å². The fourth-order valence-electron chi connectivity index (χ4n) is 2.91. The van der Waals surface area contributed by atoms with Crippen LogP contribution < -0.4 is 4.74 Å². The van der Waals surface area contributed by atoms with Gasteiger partial charge in [0.05, 0.1) is 18.2 Å². The third-order valence-electron chi connectivity index (χ3n) is 4.17. The van der Waals surface area contributed by atoms with E-state index in [2.05, 4.69) is 5.10 Å². The first-order valence-electron chi connectivity index (χ1n) is 7.99. The lowest BCUT2D eigenvalue weighted by Gasteiger charge is -2.04. The number of pyridine rings is 1. The Morgan fingerprint density at radius 3 is 2.36 bits per heavy atom. The van der Waals surface area contributed by atoms with Crippen LogP contribution in [0.4, 0.5) is 0 Å². The molecule has 0 saturated heterocycles. The van der Waals surface area contributed by atoms with Gasteiger partial charge in [-0.15, -0.1) is 0 Å². The van der Waals surface area contributed by atoms with E-state index in [9.17, 15) is 4.79 Å². The Morgan fingerprint density at radius 2 is 1.64 bits per heavy atom. The normalized spacial score (nSPS) is 10.8. The highest BCUT2D eigenvalue weighted by atomic mass is 16.5. The molecule has 0 radical (unpaired) electrons. The third kappa shape index (κ3) is 2.68. The van der Waals surface area contributed by atoms with Crippen molar-refractivity contribution >= 4 is 11.3 Å². The van der Waals surface area contributed by atoms with Gasteiger partial charge < -0.3 is 4.74 Å². The number of aromatic nitrogens is 2. The van der Waals surface area contributed by atoms with Crippen LogP contribution in [0.1, 0.15) is 15.9 Å². The van der Waals surface area contributed by atoms with Gasteiger partial charge in [0.2, 0.25) is 0 Å². The Kier molecular flexibility index (Phi) is 3.78. The monoisotopic (exact) mass is 328 g/mol. The predicted molar refractivity (Wildman–Crippen MR) is 97.1 cm³/mol. The highest BCUT2D eigenvalue weighted by molar-refractivity contribution is 6.16. The van der Waals surface area contributed by atoms with E-state index in [-0.39, 0.29) is 5.78 Å². The third-order valence-corrected chi connectivity index (χ3v) is 4.17. The Morgan fingerprint density at radius 1 is 0.920 bits per heavy atom. The van der Waals surface area contributed by atoms with E-state index < -0.39 is 0 Å². The van der Waals surface area contributed by atoms with E-state index in [4.69, 9.17) is 4.74 Å². The topological polar surface area (TPSA) is 43.6 Å². The number of hydrogen-bond acceptors (Lipinski definition) is 3. The minimum Gasteiger partial charge on any atom is -0.497 e. The van der Waals surface area contributed by atoms with Crippen molar-refractivity contribution in [2.75, 3.05) is 7.11 Å². The molecule has 4 aromatic rings. The van der Waals surface area contributed by atoms with E-state index in [1.807, 2.05) is 79.0 Å². The number of methoxy groups -OCH3 is 1. The standard InChI is InChI=1S/C21H16N2O2/c1-25-17-12-10-15(11-13-17)20-19(18-9-5-6-14-23(18)22-20)21(24)16-7-3-2-4-8-16/h2-14H,1H3. The molecule has 4 rings (SSSR count). The van der Waals surface area contributed by atoms with Crippen LogP contribution in [0.3, 0.4) is 0 Å². The molecule has 2 heterocycles. The number of ether oxygens (including phenoxy) is 1. The minimum absolute atomic E-state index is 0.0346. The molecule has 122 valence electrons. The molecule has 0 atom stereocenters. The number of benzene rings is 2. The summed E-state index contributed by atoms with van der Waals surface area (Å²) < 4.78 is 6.96. The molecule has 0 aliphatic carbocycles. The second-order valence-corrected chi connectivity index (χ2v) is 5.68. The maximum atomic E-state index is 13.2. The molecule has 0 N–H and O–H groups in total. The lowest BCUT2D eigenvalue weighted by molar-refractivity contribution is 0.104. The van der Waals surface area contributed by atoms with E-state index in [0.29, 0.717) is 16.8 Å². The fourth-order valence-corrected chi connectivity index (χ4v) is 2.91. The van der Waals surface area contributed by atoms with Crippen LogP contribution in [0.15, 0.2) is 79.0 Å². The van der Waals surface area contributed by atoms with E-state index in [1.165, 1.54) is 0 Å². The van der Waals surface area contributed by atoms with Gasteiger partial charge in [0.15, 0.2) is 5.78 Å². The van der Waals surface area contributed by atoms with Gasteiger partial charge in [-0.05, 0) is 36.4 Å². The van der Waals surface area contributed by atoms with Crippen LogP contribution in [-0.2, 0) is 0 Å². The summed E-state index contributed by atoms with van der Waals surface area (Å²) in [5.41, 5.74) is 3.60. The Hall–Kier alpha value is -3.40. The summed E-state index contributed by atoms with van der Waals surface area (Å²) in [6.07, 6.45) is 1.85. The van der Waals surface area contributed by atoms with Crippen molar-refractivity contribution < 1.29 is 9.53 Å². The Labute approximate surface area is 145 Å². The number of carbonyl (C=O) groups is 1. The first kappa shape index (κ1) is 15.1. The fraction of sp³-hybridized carbons (Fsp3) is 0.0476. The van der Waals surface area contributed by atoms with Gasteiger partial charge in [0.1, 0.15) is 11.4 Å². The molecule has 0 spiro atoms. The van der Waals surface area contributed by atoms with Crippen molar-refractivity contribution in [1.29, 1.82) is 0 Å². The molecule has 2 aromatic carbocycles. The Bertz CT molecular complexity index is 1030. The van der Waals surface area contributed by atoms with Crippen molar-refractivity contribution in [1.82, 2.24) is 9.61 Å². The molecule has 0 aliphatic heterocycles. The van der Waals surface area contributed by atoms with Crippen LogP contribution in [0.2, 0.25) is 0 Å². The molecular formula is C21H16N2O2. The highest BCUT2D eigenvalue weighted by Crippen LogP contribution is 2.29. The quantitative estimate of drug-likeness (QED) is 0.526. The Balaban J connectivity index is 1.93. The molecular weight excluding hydrogens is 312 g/mol. The van der Waals surface area contributed by atoms with Gasteiger partial charge >= 0.3 is 0 Å². The molecule has 0 unspecified atom stereocenters. The highest BCUT2D eigenvalue weighted by Gasteiger charge is 2.21.